The van der Waals surface area contributed by atoms with Gasteiger partial charge in [0.2, 0.25) is 0 Å². The fraction of sp³-hybridized carbons (Fsp3) is 0.400. The molecule has 2 aromatic heterocycles. The molecule has 4 rings (SSSR count). The molecule has 1 saturated heterocycles. The number of nitrogens with zero attached hydrogens (tertiary/aromatic N) is 3. The SMILES string of the molecule is COc1ccc(C2CCCCCN2Cc2cc(=O)n3ccsc3n2)cc1. The lowest BCUT2D eigenvalue weighted by atomic mass is 10.0. The van der Waals surface area contributed by atoms with Crippen molar-refractivity contribution >= 4 is 16.3 Å². The number of rotatable bonds is 4. The Hall–Kier alpha value is -2.18. The van der Waals surface area contributed by atoms with Crippen molar-refractivity contribution in [2.75, 3.05) is 13.7 Å². The molecule has 1 aliphatic heterocycles. The highest BCUT2D eigenvalue weighted by molar-refractivity contribution is 7.15. The number of hydrogen-bond donors (Lipinski definition) is 0. The first-order valence-electron chi connectivity index (χ1n) is 9.08. The predicted octanol–water partition coefficient (Wildman–Crippen LogP) is 3.88. The van der Waals surface area contributed by atoms with Crippen molar-refractivity contribution in [3.8, 4) is 5.75 Å². The minimum Gasteiger partial charge on any atom is -0.497 e. The molecule has 3 aromatic rings. The van der Waals surface area contributed by atoms with E-state index in [0.717, 1.165) is 29.4 Å². The lowest BCUT2D eigenvalue weighted by Crippen LogP contribution is -2.29. The van der Waals surface area contributed by atoms with Crippen LogP contribution in [-0.4, -0.2) is 27.9 Å². The van der Waals surface area contributed by atoms with E-state index < -0.39 is 0 Å². The van der Waals surface area contributed by atoms with E-state index >= 15 is 0 Å². The van der Waals surface area contributed by atoms with Crippen LogP contribution in [0.5, 0.6) is 5.75 Å². The van der Waals surface area contributed by atoms with Crippen LogP contribution in [0, 0.1) is 0 Å². The van der Waals surface area contributed by atoms with Gasteiger partial charge in [-0.15, -0.1) is 11.3 Å². The topological polar surface area (TPSA) is 46.8 Å². The van der Waals surface area contributed by atoms with Gasteiger partial charge in [-0.2, -0.15) is 0 Å². The second-order valence-corrected chi connectivity index (χ2v) is 7.62. The number of aromatic nitrogens is 2. The third-order valence-corrected chi connectivity index (χ3v) is 5.84. The Morgan fingerprint density at radius 2 is 2.08 bits per heavy atom. The Kier molecular flexibility index (Phi) is 5.04. The van der Waals surface area contributed by atoms with Crippen LogP contribution in [0.15, 0.2) is 46.7 Å². The first-order valence-corrected chi connectivity index (χ1v) is 9.96. The zero-order chi connectivity index (χ0) is 17.9. The van der Waals surface area contributed by atoms with Crippen molar-refractivity contribution < 1.29 is 4.74 Å². The summed E-state index contributed by atoms with van der Waals surface area (Å²) < 4.78 is 6.90. The molecule has 136 valence electrons. The Morgan fingerprint density at radius 1 is 1.23 bits per heavy atom. The second-order valence-electron chi connectivity index (χ2n) is 6.75. The van der Waals surface area contributed by atoms with Crippen LogP contribution in [0.2, 0.25) is 0 Å². The van der Waals surface area contributed by atoms with Crippen molar-refractivity contribution in [3.63, 3.8) is 0 Å². The maximum absolute atomic E-state index is 12.3. The highest BCUT2D eigenvalue weighted by Gasteiger charge is 2.23. The molecule has 3 heterocycles. The van der Waals surface area contributed by atoms with Gasteiger partial charge in [-0.1, -0.05) is 25.0 Å². The molecule has 0 amide bonds. The highest BCUT2D eigenvalue weighted by atomic mass is 32.1. The molecular weight excluding hydrogens is 346 g/mol. The molecule has 1 fully saturated rings. The Labute approximate surface area is 156 Å². The summed E-state index contributed by atoms with van der Waals surface area (Å²) in [5, 5.41) is 1.90. The first kappa shape index (κ1) is 17.2. The van der Waals surface area contributed by atoms with Gasteiger partial charge in [-0.3, -0.25) is 14.1 Å². The molecule has 0 N–H and O–H groups in total. The number of hydrogen-bond acceptors (Lipinski definition) is 5. The smallest absolute Gasteiger partial charge is 0.258 e. The Bertz CT molecular complexity index is 932. The zero-order valence-corrected chi connectivity index (χ0v) is 15.7. The molecule has 26 heavy (non-hydrogen) atoms. The predicted molar refractivity (Wildman–Crippen MR) is 104 cm³/mol. The monoisotopic (exact) mass is 369 g/mol. The van der Waals surface area contributed by atoms with Gasteiger partial charge < -0.3 is 4.74 Å². The maximum Gasteiger partial charge on any atom is 0.258 e. The number of ether oxygens (including phenoxy) is 1. The van der Waals surface area contributed by atoms with Gasteiger partial charge in [-0.05, 0) is 37.1 Å². The molecule has 6 heteroatoms. The van der Waals surface area contributed by atoms with Gasteiger partial charge in [0.15, 0.2) is 4.96 Å². The number of likely N-dealkylation sites (tertiary alicyclic amines) is 1. The first-order chi connectivity index (χ1) is 12.7. The van der Waals surface area contributed by atoms with Crippen LogP contribution in [-0.2, 0) is 6.54 Å². The van der Waals surface area contributed by atoms with Gasteiger partial charge >= 0.3 is 0 Å². The summed E-state index contributed by atoms with van der Waals surface area (Å²) in [4.78, 5) is 20.2. The van der Waals surface area contributed by atoms with Crippen LogP contribution >= 0.6 is 11.3 Å². The molecule has 1 atom stereocenters. The van der Waals surface area contributed by atoms with E-state index in [1.165, 1.54) is 36.2 Å². The number of benzene rings is 1. The van der Waals surface area contributed by atoms with Gasteiger partial charge in [0.1, 0.15) is 5.75 Å². The van der Waals surface area contributed by atoms with Gasteiger partial charge in [0, 0.05) is 30.2 Å². The van der Waals surface area contributed by atoms with E-state index in [9.17, 15) is 4.79 Å². The summed E-state index contributed by atoms with van der Waals surface area (Å²) in [6.07, 6.45) is 6.58. The number of thiazole rings is 1. The van der Waals surface area contributed by atoms with Crippen LogP contribution in [0.1, 0.15) is 43.0 Å². The minimum absolute atomic E-state index is 0.00192. The lowest BCUT2D eigenvalue weighted by molar-refractivity contribution is 0.190. The maximum atomic E-state index is 12.3. The quantitative estimate of drug-likeness (QED) is 0.700. The van der Waals surface area contributed by atoms with Gasteiger partial charge in [0.05, 0.1) is 12.8 Å². The third kappa shape index (κ3) is 3.52. The summed E-state index contributed by atoms with van der Waals surface area (Å²) in [6.45, 7) is 1.74. The van der Waals surface area contributed by atoms with Crippen molar-refractivity contribution in [1.82, 2.24) is 14.3 Å². The third-order valence-electron chi connectivity index (χ3n) is 5.09. The molecule has 0 saturated carbocycles. The van der Waals surface area contributed by atoms with Crippen LogP contribution < -0.4 is 10.3 Å². The fourth-order valence-electron chi connectivity index (χ4n) is 3.74. The fourth-order valence-corrected chi connectivity index (χ4v) is 4.48. The molecular formula is C20H23N3O2S. The van der Waals surface area contributed by atoms with E-state index in [0.29, 0.717) is 12.6 Å². The second kappa shape index (κ2) is 7.60. The Balaban J connectivity index is 1.62. The standard InChI is InChI=1S/C20H23N3O2S/c1-25-17-8-6-15(7-9-17)18-5-3-2-4-10-22(18)14-16-13-19(24)23-11-12-26-20(23)21-16/h6-9,11-13,18H,2-5,10,14H2,1H3. The molecule has 1 unspecified atom stereocenters. The van der Waals surface area contributed by atoms with E-state index in [2.05, 4.69) is 17.0 Å². The van der Waals surface area contributed by atoms with Gasteiger partial charge in [-0.25, -0.2) is 4.98 Å². The van der Waals surface area contributed by atoms with E-state index in [1.807, 2.05) is 17.5 Å². The lowest BCUT2D eigenvalue weighted by Gasteiger charge is -2.30. The molecule has 0 spiro atoms. The molecule has 0 bridgehead atoms. The number of methoxy groups -OCH3 is 1. The molecule has 5 nitrogen and oxygen atoms in total. The summed E-state index contributed by atoms with van der Waals surface area (Å²) in [5.41, 5.74) is 2.17. The normalized spacial score (nSPS) is 18.7. The van der Waals surface area contributed by atoms with Crippen molar-refractivity contribution in [2.24, 2.45) is 0 Å². The minimum atomic E-state index is 0.00192. The Morgan fingerprint density at radius 3 is 2.88 bits per heavy atom. The average molecular weight is 369 g/mol. The summed E-state index contributed by atoms with van der Waals surface area (Å²) in [6, 6.07) is 10.4. The van der Waals surface area contributed by atoms with Crippen molar-refractivity contribution in [2.45, 2.75) is 38.3 Å². The largest absolute Gasteiger partial charge is 0.497 e. The van der Waals surface area contributed by atoms with Crippen LogP contribution in [0.4, 0.5) is 0 Å². The zero-order valence-electron chi connectivity index (χ0n) is 14.9. The average Bonchev–Trinajstić information content (AvgIpc) is 3.02. The molecule has 1 aliphatic rings. The highest BCUT2D eigenvalue weighted by Crippen LogP contribution is 2.32. The van der Waals surface area contributed by atoms with Crippen LogP contribution in [0.25, 0.3) is 4.96 Å². The summed E-state index contributed by atoms with van der Waals surface area (Å²) in [7, 11) is 1.69. The van der Waals surface area contributed by atoms with Crippen LogP contribution in [0.3, 0.4) is 0 Å². The van der Waals surface area contributed by atoms with Crippen molar-refractivity contribution in [3.05, 3.63) is 63.5 Å². The molecule has 0 radical (unpaired) electrons. The van der Waals surface area contributed by atoms with Gasteiger partial charge in [0.25, 0.3) is 5.56 Å². The van der Waals surface area contributed by atoms with E-state index in [4.69, 9.17) is 9.72 Å². The van der Waals surface area contributed by atoms with Crippen molar-refractivity contribution in [1.29, 1.82) is 0 Å². The number of fused-ring (bicyclic) bond motifs is 1. The van der Waals surface area contributed by atoms with E-state index in [-0.39, 0.29) is 5.56 Å². The summed E-state index contributed by atoms with van der Waals surface area (Å²) in [5.74, 6) is 0.881. The molecule has 0 aliphatic carbocycles. The molecule has 1 aromatic carbocycles. The summed E-state index contributed by atoms with van der Waals surface area (Å²) >= 11 is 1.50. The van der Waals surface area contributed by atoms with E-state index in [1.54, 1.807) is 23.8 Å².